The van der Waals surface area contributed by atoms with Crippen LogP contribution in [0.5, 0.6) is 0 Å². The molecule has 0 spiro atoms. The molecule has 9 rings (SSSR count). The van der Waals surface area contributed by atoms with Gasteiger partial charge in [-0.3, -0.25) is 0 Å². The van der Waals surface area contributed by atoms with E-state index >= 15 is 0 Å². The molecule has 0 unspecified atom stereocenters. The number of fused-ring (bicyclic) bond motifs is 4. The first-order valence-electron chi connectivity index (χ1n) is 18.1. The monoisotopic (exact) mass is 656 g/mol. The van der Waals surface area contributed by atoms with Gasteiger partial charge in [0, 0.05) is 39.3 Å². The van der Waals surface area contributed by atoms with Crippen molar-refractivity contribution in [2.24, 2.45) is 0 Å². The van der Waals surface area contributed by atoms with Gasteiger partial charge in [0.2, 0.25) is 0 Å². The minimum Gasteiger partial charge on any atom is -0.311 e. The lowest BCUT2D eigenvalue weighted by atomic mass is 9.33. The SMILES string of the molecule is CC(C)(c1ccccc1)c1ccccc1N1c2cccc3c2B(c2ccccc2N3c2ccccc2)c2cccc(C(C)(C)c3ccccc3)c21. The summed E-state index contributed by atoms with van der Waals surface area (Å²) in [5.74, 6) is 0. The fourth-order valence-electron chi connectivity index (χ4n) is 8.76. The molecule has 7 aromatic rings. The molecule has 0 N–H and O–H groups in total. The Bertz CT molecular complexity index is 2380. The minimum absolute atomic E-state index is 0.0689. The molecule has 7 aromatic carbocycles. The molecule has 0 aromatic heterocycles. The number of para-hydroxylation sites is 4. The van der Waals surface area contributed by atoms with Crippen LogP contribution < -0.4 is 26.2 Å². The van der Waals surface area contributed by atoms with Crippen LogP contribution in [-0.4, -0.2) is 6.71 Å². The van der Waals surface area contributed by atoms with Gasteiger partial charge in [-0.25, -0.2) is 0 Å². The zero-order valence-electron chi connectivity index (χ0n) is 29.7. The number of anilines is 6. The van der Waals surface area contributed by atoms with Crippen molar-refractivity contribution < 1.29 is 0 Å². The summed E-state index contributed by atoms with van der Waals surface area (Å²) in [5, 5.41) is 0. The Hall–Kier alpha value is -5.80. The van der Waals surface area contributed by atoms with E-state index in [1.807, 2.05) is 0 Å². The van der Waals surface area contributed by atoms with Crippen molar-refractivity contribution in [1.29, 1.82) is 0 Å². The Kier molecular flexibility index (Phi) is 7.29. The maximum absolute atomic E-state index is 2.61. The predicted octanol–water partition coefficient (Wildman–Crippen LogP) is 10.4. The second-order valence-corrected chi connectivity index (χ2v) is 15.0. The first kappa shape index (κ1) is 31.2. The Morgan fingerprint density at radius 2 is 0.824 bits per heavy atom. The maximum Gasteiger partial charge on any atom is 0.252 e. The lowest BCUT2D eigenvalue weighted by molar-refractivity contribution is 0.637. The summed E-state index contributed by atoms with van der Waals surface area (Å²) in [6.45, 7) is 9.56. The highest BCUT2D eigenvalue weighted by atomic mass is 15.2. The molecule has 51 heavy (non-hydrogen) atoms. The number of hydrogen-bond acceptors (Lipinski definition) is 2. The molecule has 3 heteroatoms. The standard InChI is InChI=1S/C48H41BN2/c1-47(2,34-20-8-5-9-21-34)37-26-14-16-30-41(37)51-44-33-19-32-43-45(44)49(39-28-15-17-31-42(39)50(43)36-24-12-7-13-25-36)40-29-18-27-38(46(40)51)48(3,4)35-22-10-6-11-23-35/h5-33H,1-4H3. The van der Waals surface area contributed by atoms with Crippen molar-refractivity contribution in [1.82, 2.24) is 0 Å². The summed E-state index contributed by atoms with van der Waals surface area (Å²) >= 11 is 0. The summed E-state index contributed by atoms with van der Waals surface area (Å²) in [7, 11) is 0. The molecule has 0 radical (unpaired) electrons. The van der Waals surface area contributed by atoms with Crippen molar-refractivity contribution in [2.45, 2.75) is 38.5 Å². The Morgan fingerprint density at radius 3 is 1.49 bits per heavy atom. The van der Waals surface area contributed by atoms with Crippen LogP contribution in [0.25, 0.3) is 0 Å². The molecule has 2 aliphatic heterocycles. The lowest BCUT2D eigenvalue weighted by Gasteiger charge is -2.47. The summed E-state index contributed by atoms with van der Waals surface area (Å²) in [6.07, 6.45) is 0. The molecular formula is C48H41BN2. The summed E-state index contributed by atoms with van der Waals surface area (Å²) < 4.78 is 0. The molecule has 0 saturated heterocycles. The Morgan fingerprint density at radius 1 is 0.373 bits per heavy atom. The number of benzene rings is 7. The summed E-state index contributed by atoms with van der Waals surface area (Å²) in [4.78, 5) is 5.08. The van der Waals surface area contributed by atoms with E-state index < -0.39 is 0 Å². The first-order valence-corrected chi connectivity index (χ1v) is 18.1. The fraction of sp³-hybridized carbons (Fsp3) is 0.125. The molecule has 246 valence electrons. The van der Waals surface area contributed by atoms with E-state index in [1.165, 1.54) is 72.8 Å². The van der Waals surface area contributed by atoms with Gasteiger partial charge >= 0.3 is 0 Å². The van der Waals surface area contributed by atoms with Crippen molar-refractivity contribution in [2.75, 3.05) is 9.80 Å². The van der Waals surface area contributed by atoms with E-state index in [2.05, 4.69) is 213 Å². The van der Waals surface area contributed by atoms with Crippen molar-refractivity contribution in [3.8, 4) is 0 Å². The third-order valence-corrected chi connectivity index (χ3v) is 11.4. The largest absolute Gasteiger partial charge is 0.311 e. The number of rotatable bonds is 6. The topological polar surface area (TPSA) is 6.48 Å². The molecule has 0 atom stereocenters. The lowest BCUT2D eigenvalue weighted by Crippen LogP contribution is -2.61. The summed E-state index contributed by atoms with van der Waals surface area (Å²) in [5.41, 5.74) is 16.0. The highest BCUT2D eigenvalue weighted by Crippen LogP contribution is 2.50. The van der Waals surface area contributed by atoms with Gasteiger partial charge in [0.05, 0.1) is 5.69 Å². The van der Waals surface area contributed by atoms with Crippen LogP contribution in [-0.2, 0) is 10.8 Å². The zero-order valence-corrected chi connectivity index (χ0v) is 29.7. The Labute approximate surface area is 302 Å². The average molecular weight is 657 g/mol. The molecule has 0 bridgehead atoms. The van der Waals surface area contributed by atoms with Gasteiger partial charge in [-0.2, -0.15) is 0 Å². The van der Waals surface area contributed by atoms with Crippen LogP contribution in [0, 0.1) is 0 Å². The molecule has 0 fully saturated rings. The number of nitrogens with zero attached hydrogens (tertiary/aromatic N) is 2. The van der Waals surface area contributed by atoms with Gasteiger partial charge in [0.15, 0.2) is 0 Å². The van der Waals surface area contributed by atoms with Gasteiger partial charge in [-0.1, -0.05) is 167 Å². The van der Waals surface area contributed by atoms with Gasteiger partial charge < -0.3 is 9.80 Å². The maximum atomic E-state index is 2.61. The van der Waals surface area contributed by atoms with Crippen LogP contribution in [0.15, 0.2) is 176 Å². The molecular weight excluding hydrogens is 615 g/mol. The van der Waals surface area contributed by atoms with E-state index in [-0.39, 0.29) is 17.5 Å². The van der Waals surface area contributed by atoms with Gasteiger partial charge in [-0.05, 0) is 75.0 Å². The van der Waals surface area contributed by atoms with E-state index in [9.17, 15) is 0 Å². The third-order valence-electron chi connectivity index (χ3n) is 11.4. The molecule has 2 aliphatic rings. The highest BCUT2D eigenvalue weighted by Gasteiger charge is 2.45. The second-order valence-electron chi connectivity index (χ2n) is 15.0. The molecule has 2 heterocycles. The fourth-order valence-corrected chi connectivity index (χ4v) is 8.76. The van der Waals surface area contributed by atoms with E-state index in [0.29, 0.717) is 0 Å². The molecule has 2 nitrogen and oxygen atoms in total. The van der Waals surface area contributed by atoms with Crippen LogP contribution >= 0.6 is 0 Å². The first-order chi connectivity index (χ1) is 24.9. The van der Waals surface area contributed by atoms with Crippen molar-refractivity contribution in [3.63, 3.8) is 0 Å². The van der Waals surface area contributed by atoms with Crippen LogP contribution in [0.1, 0.15) is 49.9 Å². The average Bonchev–Trinajstić information content (AvgIpc) is 3.18. The molecule has 0 aliphatic carbocycles. The Balaban J connectivity index is 1.39. The van der Waals surface area contributed by atoms with Crippen LogP contribution in [0.2, 0.25) is 0 Å². The van der Waals surface area contributed by atoms with E-state index in [4.69, 9.17) is 0 Å². The second kappa shape index (κ2) is 11.9. The number of hydrogen-bond donors (Lipinski definition) is 0. The smallest absolute Gasteiger partial charge is 0.252 e. The normalized spacial score (nSPS) is 13.4. The van der Waals surface area contributed by atoms with Gasteiger partial charge in [0.1, 0.15) is 0 Å². The van der Waals surface area contributed by atoms with Crippen molar-refractivity contribution >= 4 is 57.2 Å². The van der Waals surface area contributed by atoms with Crippen LogP contribution in [0.4, 0.5) is 34.1 Å². The predicted molar refractivity (Wildman–Crippen MR) is 218 cm³/mol. The van der Waals surface area contributed by atoms with Gasteiger partial charge in [-0.15, -0.1) is 0 Å². The van der Waals surface area contributed by atoms with Gasteiger partial charge in [0.25, 0.3) is 6.71 Å². The zero-order chi connectivity index (χ0) is 34.7. The van der Waals surface area contributed by atoms with Crippen molar-refractivity contribution in [3.05, 3.63) is 198 Å². The summed E-state index contributed by atoms with van der Waals surface area (Å²) in [6, 6.07) is 64.8. The van der Waals surface area contributed by atoms with E-state index in [1.54, 1.807) is 0 Å². The van der Waals surface area contributed by atoms with Crippen LogP contribution in [0.3, 0.4) is 0 Å². The minimum atomic E-state index is -0.270. The highest BCUT2D eigenvalue weighted by molar-refractivity contribution is 7.00. The molecule has 0 amide bonds. The quantitative estimate of drug-likeness (QED) is 0.164. The third kappa shape index (κ3) is 4.79. The molecule has 0 saturated carbocycles. The van der Waals surface area contributed by atoms with E-state index in [0.717, 1.165) is 0 Å².